The number of hydrogen-bond acceptors (Lipinski definition) is 4. The number of nitrogens with zero attached hydrogens (tertiary/aromatic N) is 2. The van der Waals surface area contributed by atoms with E-state index >= 15 is 0 Å². The Balaban J connectivity index is 0.000000267. The van der Waals surface area contributed by atoms with Gasteiger partial charge in [0, 0.05) is 43.5 Å². The zero-order valence-corrected chi connectivity index (χ0v) is 20.6. The van der Waals surface area contributed by atoms with Crippen molar-refractivity contribution in [2.75, 3.05) is 50.8 Å². The second kappa shape index (κ2) is 15.7. The van der Waals surface area contributed by atoms with Crippen molar-refractivity contribution in [3.8, 4) is 0 Å². The average molecular weight is 439 g/mol. The lowest BCUT2D eigenvalue weighted by molar-refractivity contribution is -0.121. The van der Waals surface area contributed by atoms with Crippen LogP contribution in [-0.2, 0) is 9.53 Å². The molecule has 0 aromatic heterocycles. The number of likely N-dealkylation sites (N-methyl/N-ethyl adjacent to an activating group) is 1. The Labute approximate surface area is 189 Å². The molecule has 0 unspecified atom stereocenters. The van der Waals surface area contributed by atoms with Gasteiger partial charge in [0.1, 0.15) is 6.61 Å². The minimum absolute atomic E-state index is 0.0850. The van der Waals surface area contributed by atoms with Gasteiger partial charge in [-0.1, -0.05) is 63.6 Å². The van der Waals surface area contributed by atoms with Crippen LogP contribution in [0.5, 0.6) is 0 Å². The third-order valence-electron chi connectivity index (χ3n) is 5.80. The highest BCUT2D eigenvalue weighted by molar-refractivity contribution is 6.31. The third-order valence-corrected chi connectivity index (χ3v) is 6.21. The van der Waals surface area contributed by atoms with Gasteiger partial charge in [-0.15, -0.1) is 0 Å². The number of hydrogen-bond donors (Lipinski definition) is 0. The molecule has 1 heterocycles. The number of ether oxygens (including phenoxy) is 1. The Bertz CT molecular complexity index is 595. The molecule has 1 aliphatic carbocycles. The van der Waals surface area contributed by atoms with Crippen LogP contribution in [0.25, 0.3) is 0 Å². The minimum Gasteiger partial charge on any atom is -0.374 e. The predicted octanol–water partition coefficient (Wildman–Crippen LogP) is 5.99. The Kier molecular flexibility index (Phi) is 14.1. The number of anilines is 1. The van der Waals surface area contributed by atoms with Crippen molar-refractivity contribution in [3.63, 3.8) is 0 Å². The zero-order chi connectivity index (χ0) is 22.4. The van der Waals surface area contributed by atoms with Crippen LogP contribution in [0.2, 0.25) is 5.02 Å². The molecule has 1 aromatic rings. The molecule has 1 aliphatic heterocycles. The maximum absolute atomic E-state index is 10.1. The molecular weight excluding hydrogens is 396 g/mol. The van der Waals surface area contributed by atoms with E-state index in [1.807, 2.05) is 19.1 Å². The highest BCUT2D eigenvalue weighted by Gasteiger charge is 2.17. The van der Waals surface area contributed by atoms with E-state index in [-0.39, 0.29) is 12.4 Å². The van der Waals surface area contributed by atoms with Crippen LogP contribution in [0.15, 0.2) is 18.2 Å². The van der Waals surface area contributed by atoms with Crippen molar-refractivity contribution in [3.05, 3.63) is 28.8 Å². The largest absolute Gasteiger partial charge is 0.374 e. The van der Waals surface area contributed by atoms with Gasteiger partial charge in [0.05, 0.1) is 0 Å². The van der Waals surface area contributed by atoms with Crippen molar-refractivity contribution in [2.24, 2.45) is 5.92 Å². The first-order chi connectivity index (χ1) is 14.4. The fourth-order valence-electron chi connectivity index (χ4n) is 3.80. The summed E-state index contributed by atoms with van der Waals surface area (Å²) in [5.41, 5.74) is 2.50. The number of piperazine rings is 1. The van der Waals surface area contributed by atoms with E-state index in [0.29, 0.717) is 6.61 Å². The van der Waals surface area contributed by atoms with E-state index in [9.17, 15) is 4.79 Å². The van der Waals surface area contributed by atoms with Crippen LogP contribution in [0.3, 0.4) is 0 Å². The number of halogens is 1. The molecule has 0 radical (unpaired) electrons. The van der Waals surface area contributed by atoms with E-state index in [2.05, 4.69) is 36.6 Å². The summed E-state index contributed by atoms with van der Waals surface area (Å²) in [5, 5.41) is 0.871. The Hall–Kier alpha value is -1.10. The second-order valence-electron chi connectivity index (χ2n) is 8.39. The SMILES string of the molecule is CC1CCCCC1.CCN1CCN(c2cccc(Cl)c2C)CC1.CCOCC(C)=O. The number of Topliss-reactive ketones (excluding diaryl/α,β-unsaturated/α-hetero) is 1. The smallest absolute Gasteiger partial charge is 0.155 e. The van der Waals surface area contributed by atoms with Gasteiger partial charge in [-0.3, -0.25) is 4.79 Å². The van der Waals surface area contributed by atoms with Crippen molar-refractivity contribution in [2.45, 2.75) is 66.7 Å². The Morgan fingerprint density at radius 3 is 2.17 bits per heavy atom. The molecule has 1 aromatic carbocycles. The Morgan fingerprint density at radius 1 is 1.10 bits per heavy atom. The summed E-state index contributed by atoms with van der Waals surface area (Å²) in [6.07, 6.45) is 7.44. The maximum Gasteiger partial charge on any atom is 0.155 e. The lowest BCUT2D eigenvalue weighted by atomic mass is 9.91. The molecule has 0 N–H and O–H groups in total. The molecule has 0 atom stereocenters. The quantitative estimate of drug-likeness (QED) is 0.565. The first-order valence-electron chi connectivity index (χ1n) is 11.7. The van der Waals surface area contributed by atoms with Gasteiger partial charge >= 0.3 is 0 Å². The highest BCUT2D eigenvalue weighted by Crippen LogP contribution is 2.27. The van der Waals surface area contributed by atoms with Crippen LogP contribution < -0.4 is 4.90 Å². The van der Waals surface area contributed by atoms with E-state index in [1.165, 1.54) is 50.3 Å². The van der Waals surface area contributed by atoms with E-state index in [0.717, 1.165) is 43.7 Å². The lowest BCUT2D eigenvalue weighted by Gasteiger charge is -2.36. The molecular formula is C25H43ClN2O2. The molecule has 5 heteroatoms. The monoisotopic (exact) mass is 438 g/mol. The van der Waals surface area contributed by atoms with Crippen LogP contribution in [0.1, 0.15) is 65.4 Å². The number of ketones is 1. The fourth-order valence-corrected chi connectivity index (χ4v) is 3.97. The molecule has 1 saturated carbocycles. The molecule has 2 aliphatic rings. The standard InChI is InChI=1S/C13H19ClN2.C7H14.C5H10O2/c1-3-15-7-9-16(10-8-15)13-6-4-5-12(14)11(13)2;1-7-5-3-2-4-6-7;1-3-7-4-5(2)6/h4-6H,3,7-10H2,1-2H3;7H,2-6H2,1H3;3-4H2,1-2H3. The first kappa shape index (κ1) is 26.9. The summed E-state index contributed by atoms with van der Waals surface area (Å²) in [7, 11) is 0. The first-order valence-corrected chi connectivity index (χ1v) is 12.1. The van der Waals surface area contributed by atoms with Crippen LogP contribution in [-0.4, -0.2) is 56.6 Å². The highest BCUT2D eigenvalue weighted by atomic mass is 35.5. The van der Waals surface area contributed by atoms with Gasteiger partial charge in [-0.25, -0.2) is 0 Å². The molecule has 30 heavy (non-hydrogen) atoms. The van der Waals surface area contributed by atoms with E-state index < -0.39 is 0 Å². The average Bonchev–Trinajstić information content (AvgIpc) is 2.76. The van der Waals surface area contributed by atoms with Crippen molar-refractivity contribution in [1.29, 1.82) is 0 Å². The second-order valence-corrected chi connectivity index (χ2v) is 8.79. The van der Waals surface area contributed by atoms with Crippen molar-refractivity contribution >= 4 is 23.1 Å². The van der Waals surface area contributed by atoms with Crippen LogP contribution in [0.4, 0.5) is 5.69 Å². The molecule has 0 bridgehead atoms. The van der Waals surface area contributed by atoms with Gasteiger partial charge < -0.3 is 14.5 Å². The summed E-state index contributed by atoms with van der Waals surface area (Å²) in [4.78, 5) is 15.0. The molecule has 0 spiro atoms. The topological polar surface area (TPSA) is 32.8 Å². The summed E-state index contributed by atoms with van der Waals surface area (Å²) < 4.78 is 4.75. The number of carbonyl (C=O) groups is 1. The van der Waals surface area contributed by atoms with Crippen LogP contribution in [0, 0.1) is 12.8 Å². The summed E-state index contributed by atoms with van der Waals surface area (Å²) in [5.74, 6) is 1.12. The van der Waals surface area contributed by atoms with E-state index in [4.69, 9.17) is 16.3 Å². The molecule has 0 amide bonds. The van der Waals surface area contributed by atoms with Gasteiger partial charge in [0.25, 0.3) is 0 Å². The van der Waals surface area contributed by atoms with Gasteiger partial charge in [-0.05, 0) is 50.9 Å². The van der Waals surface area contributed by atoms with Crippen LogP contribution >= 0.6 is 11.6 Å². The van der Waals surface area contributed by atoms with E-state index in [1.54, 1.807) is 0 Å². The predicted molar refractivity (Wildman–Crippen MR) is 130 cm³/mol. The molecule has 172 valence electrons. The summed E-state index contributed by atoms with van der Waals surface area (Å²) in [6.45, 7) is 16.6. The summed E-state index contributed by atoms with van der Waals surface area (Å²) in [6, 6.07) is 6.17. The fraction of sp³-hybridized carbons (Fsp3) is 0.720. The molecule has 3 rings (SSSR count). The lowest BCUT2D eigenvalue weighted by Crippen LogP contribution is -2.46. The van der Waals surface area contributed by atoms with Crippen molar-refractivity contribution in [1.82, 2.24) is 4.90 Å². The zero-order valence-electron chi connectivity index (χ0n) is 19.9. The maximum atomic E-state index is 10.1. The van der Waals surface area contributed by atoms with Crippen molar-refractivity contribution < 1.29 is 9.53 Å². The molecule has 1 saturated heterocycles. The molecule has 2 fully saturated rings. The number of carbonyl (C=O) groups excluding carboxylic acids is 1. The number of rotatable bonds is 5. The van der Waals surface area contributed by atoms with Gasteiger partial charge in [0.15, 0.2) is 5.78 Å². The third kappa shape index (κ3) is 10.8. The summed E-state index contributed by atoms with van der Waals surface area (Å²) >= 11 is 6.15. The van der Waals surface area contributed by atoms with Gasteiger partial charge in [0.2, 0.25) is 0 Å². The Morgan fingerprint density at radius 2 is 1.73 bits per heavy atom. The molecule has 4 nitrogen and oxygen atoms in total. The normalized spacial score (nSPS) is 17.5. The number of benzene rings is 1. The van der Waals surface area contributed by atoms with Gasteiger partial charge in [-0.2, -0.15) is 0 Å². The minimum atomic E-state index is 0.0850.